The lowest BCUT2D eigenvalue weighted by atomic mass is 9.90. The Morgan fingerprint density at radius 2 is 2.21 bits per heavy atom. The van der Waals surface area contributed by atoms with Crippen molar-refractivity contribution in [2.75, 3.05) is 7.11 Å². The van der Waals surface area contributed by atoms with Gasteiger partial charge in [-0.25, -0.2) is 9.78 Å². The third-order valence-corrected chi connectivity index (χ3v) is 5.05. The Morgan fingerprint density at radius 1 is 1.42 bits per heavy atom. The minimum Gasteiger partial charge on any atom is -0.464 e. The molecule has 2 saturated heterocycles. The van der Waals surface area contributed by atoms with Crippen molar-refractivity contribution in [3.8, 4) is 0 Å². The number of Topliss-reactive ketones (excluding diaryl/α,β-unsaturated/α-hetero) is 1. The van der Waals surface area contributed by atoms with Gasteiger partial charge in [-0.1, -0.05) is 0 Å². The Morgan fingerprint density at radius 3 is 2.74 bits per heavy atom. The van der Waals surface area contributed by atoms with Crippen molar-refractivity contribution < 1.29 is 19.1 Å². The molecule has 3 heterocycles. The highest BCUT2D eigenvalue weighted by Crippen LogP contribution is 2.45. The Bertz CT molecular complexity index is 539. The van der Waals surface area contributed by atoms with Crippen LogP contribution in [0.4, 0.5) is 0 Å². The first-order valence-corrected chi connectivity index (χ1v) is 7.17. The highest BCUT2D eigenvalue weighted by Gasteiger charge is 2.43. The normalized spacial score (nSPS) is 28.6. The summed E-state index contributed by atoms with van der Waals surface area (Å²) in [6.07, 6.45) is 3.60. The zero-order chi connectivity index (χ0) is 13.6. The molecular weight excluding hydrogens is 266 g/mol. The van der Waals surface area contributed by atoms with Crippen LogP contribution >= 0.6 is 11.3 Å². The summed E-state index contributed by atoms with van der Waals surface area (Å²) in [4.78, 5) is 28.0. The van der Waals surface area contributed by atoms with Gasteiger partial charge in [-0.3, -0.25) is 4.79 Å². The van der Waals surface area contributed by atoms with E-state index in [1.165, 1.54) is 25.4 Å². The van der Waals surface area contributed by atoms with E-state index in [0.29, 0.717) is 11.0 Å². The average Bonchev–Trinajstić information content (AvgIpc) is 3.10. The number of esters is 1. The van der Waals surface area contributed by atoms with Gasteiger partial charge in [0.2, 0.25) is 0 Å². The summed E-state index contributed by atoms with van der Waals surface area (Å²) in [7, 11) is 1.30. The molecule has 0 aliphatic carbocycles. The predicted molar refractivity (Wildman–Crippen MR) is 68.7 cm³/mol. The largest absolute Gasteiger partial charge is 0.464 e. The van der Waals surface area contributed by atoms with E-state index in [4.69, 9.17) is 4.74 Å². The highest BCUT2D eigenvalue weighted by atomic mass is 32.1. The summed E-state index contributed by atoms with van der Waals surface area (Å²) >= 11 is 1.31. The number of methoxy groups -OCH3 is 1. The molecule has 3 atom stereocenters. The minimum atomic E-state index is -0.545. The number of nitrogens with zero attached hydrogens (tertiary/aromatic N) is 1. The lowest BCUT2D eigenvalue weighted by molar-refractivity contribution is 0.0591. The Labute approximate surface area is 114 Å². The second-order valence-corrected chi connectivity index (χ2v) is 6.02. The summed E-state index contributed by atoms with van der Waals surface area (Å²) in [6.45, 7) is 1.45. The monoisotopic (exact) mass is 281 g/mol. The van der Waals surface area contributed by atoms with Gasteiger partial charge in [-0.05, 0) is 19.3 Å². The fourth-order valence-electron chi connectivity index (χ4n) is 2.87. The fourth-order valence-corrected chi connectivity index (χ4v) is 3.98. The van der Waals surface area contributed by atoms with Gasteiger partial charge in [0.05, 0.1) is 19.3 Å². The summed E-state index contributed by atoms with van der Waals surface area (Å²) in [5.74, 6) is -0.467. The van der Waals surface area contributed by atoms with Gasteiger partial charge < -0.3 is 9.47 Å². The van der Waals surface area contributed by atoms with E-state index in [0.717, 1.165) is 24.3 Å². The molecule has 2 aliphatic rings. The zero-order valence-electron chi connectivity index (χ0n) is 10.8. The highest BCUT2D eigenvalue weighted by molar-refractivity contribution is 7.14. The van der Waals surface area contributed by atoms with E-state index < -0.39 is 5.97 Å². The maximum absolute atomic E-state index is 11.7. The number of hydrogen-bond acceptors (Lipinski definition) is 6. The molecule has 0 spiro atoms. The molecule has 0 radical (unpaired) electrons. The number of rotatable bonds is 3. The van der Waals surface area contributed by atoms with Crippen molar-refractivity contribution in [2.24, 2.45) is 0 Å². The molecule has 2 fully saturated rings. The lowest BCUT2D eigenvalue weighted by Gasteiger charge is -2.15. The number of ether oxygens (including phenoxy) is 2. The summed E-state index contributed by atoms with van der Waals surface area (Å²) in [5, 5.41) is 0.831. The molecule has 0 aromatic carbocycles. The van der Waals surface area contributed by atoms with Crippen LogP contribution in [0.1, 0.15) is 57.3 Å². The number of thiazole rings is 1. The smallest absolute Gasteiger partial charge is 0.358 e. The Kier molecular flexibility index (Phi) is 3.14. The Hall–Kier alpha value is -1.27. The van der Waals surface area contributed by atoms with E-state index in [1.54, 1.807) is 0 Å². The first-order valence-electron chi connectivity index (χ1n) is 6.35. The number of aromatic nitrogens is 1. The van der Waals surface area contributed by atoms with Crippen LogP contribution in [-0.4, -0.2) is 36.1 Å². The Balaban J connectivity index is 1.95. The minimum absolute atomic E-state index is 0.145. The summed E-state index contributed by atoms with van der Waals surface area (Å²) < 4.78 is 10.5. The maximum atomic E-state index is 11.7. The number of hydrogen-bond donors (Lipinski definition) is 0. The lowest BCUT2D eigenvalue weighted by Crippen LogP contribution is -2.14. The van der Waals surface area contributed by atoms with Gasteiger partial charge >= 0.3 is 5.97 Å². The van der Waals surface area contributed by atoms with Gasteiger partial charge in [0.25, 0.3) is 0 Å². The van der Waals surface area contributed by atoms with Crippen molar-refractivity contribution in [3.63, 3.8) is 0 Å². The molecule has 102 valence electrons. The molecule has 5 nitrogen and oxygen atoms in total. The first kappa shape index (κ1) is 12.7. The third-order valence-electron chi connectivity index (χ3n) is 3.77. The van der Waals surface area contributed by atoms with Crippen LogP contribution < -0.4 is 0 Å². The molecule has 0 N–H and O–H groups in total. The van der Waals surface area contributed by atoms with Gasteiger partial charge in [0.1, 0.15) is 9.88 Å². The molecule has 2 bridgehead atoms. The molecule has 2 aliphatic heterocycles. The quantitative estimate of drug-likeness (QED) is 0.627. The van der Waals surface area contributed by atoms with Gasteiger partial charge in [0.15, 0.2) is 11.5 Å². The van der Waals surface area contributed by atoms with Crippen LogP contribution in [0.2, 0.25) is 0 Å². The predicted octanol–water partition coefficient (Wildman–Crippen LogP) is 2.17. The van der Waals surface area contributed by atoms with E-state index in [1.807, 2.05) is 0 Å². The van der Waals surface area contributed by atoms with Crippen LogP contribution in [0.3, 0.4) is 0 Å². The average molecular weight is 281 g/mol. The van der Waals surface area contributed by atoms with Crippen molar-refractivity contribution >= 4 is 23.1 Å². The number of fused-ring (bicyclic) bond motifs is 2. The van der Waals surface area contributed by atoms with Gasteiger partial charge in [-0.2, -0.15) is 0 Å². The molecule has 0 saturated carbocycles. The number of carbonyl (C=O) groups excluding carboxylic acids is 2. The van der Waals surface area contributed by atoms with Crippen LogP contribution in [0.25, 0.3) is 0 Å². The fraction of sp³-hybridized carbons (Fsp3) is 0.615. The number of ketones is 1. The molecule has 6 heteroatoms. The second kappa shape index (κ2) is 4.68. The molecule has 3 rings (SSSR count). The van der Waals surface area contributed by atoms with Gasteiger partial charge in [-0.15, -0.1) is 11.3 Å². The van der Waals surface area contributed by atoms with E-state index in [2.05, 4.69) is 9.72 Å². The third kappa shape index (κ3) is 2.08. The van der Waals surface area contributed by atoms with Gasteiger partial charge in [0, 0.05) is 12.8 Å². The van der Waals surface area contributed by atoms with Crippen LogP contribution in [0, 0.1) is 0 Å². The maximum Gasteiger partial charge on any atom is 0.358 e. The second-order valence-electron chi connectivity index (χ2n) is 4.99. The number of carbonyl (C=O) groups is 2. The topological polar surface area (TPSA) is 65.5 Å². The van der Waals surface area contributed by atoms with E-state index in [-0.39, 0.29) is 23.5 Å². The molecule has 1 aromatic heterocycles. The standard InChI is InChI=1S/C13H15NO4S/c1-6(15)11-10(13(16)17-2)14-12(19-11)8-5-7-3-4-9(8)18-7/h7-9H,3-5H2,1-2H3. The first-order chi connectivity index (χ1) is 9.10. The van der Waals surface area contributed by atoms with Crippen LogP contribution in [0.15, 0.2) is 0 Å². The van der Waals surface area contributed by atoms with Crippen LogP contribution in [0.5, 0.6) is 0 Å². The van der Waals surface area contributed by atoms with Crippen molar-refractivity contribution in [2.45, 2.75) is 44.3 Å². The zero-order valence-corrected chi connectivity index (χ0v) is 11.7. The molecule has 1 aromatic rings. The molecule has 3 unspecified atom stereocenters. The molecule has 19 heavy (non-hydrogen) atoms. The molecular formula is C13H15NO4S. The van der Waals surface area contributed by atoms with Crippen LogP contribution in [-0.2, 0) is 9.47 Å². The SMILES string of the molecule is COC(=O)c1nc(C2CC3CCC2O3)sc1C(C)=O. The van der Waals surface area contributed by atoms with Crippen molar-refractivity contribution in [1.82, 2.24) is 4.98 Å². The summed E-state index contributed by atoms with van der Waals surface area (Å²) in [6, 6.07) is 0. The van der Waals surface area contributed by atoms with Crippen molar-refractivity contribution in [3.05, 3.63) is 15.6 Å². The molecule has 0 amide bonds. The van der Waals surface area contributed by atoms with Crippen molar-refractivity contribution in [1.29, 1.82) is 0 Å². The van der Waals surface area contributed by atoms with E-state index >= 15 is 0 Å². The summed E-state index contributed by atoms with van der Waals surface area (Å²) in [5.41, 5.74) is 0.151. The van der Waals surface area contributed by atoms with E-state index in [9.17, 15) is 9.59 Å².